The summed E-state index contributed by atoms with van der Waals surface area (Å²) in [4.78, 5) is 9.78. The molecule has 34 heavy (non-hydrogen) atoms. The molecule has 3 aromatic rings. The molecule has 0 radical (unpaired) electrons. The van der Waals surface area contributed by atoms with Crippen molar-refractivity contribution in [2.45, 2.75) is 64.8 Å². The Labute approximate surface area is 201 Å². The monoisotopic (exact) mass is 463 g/mol. The number of piperidine rings is 1. The van der Waals surface area contributed by atoms with Crippen LogP contribution >= 0.6 is 0 Å². The number of rotatable bonds is 2. The van der Waals surface area contributed by atoms with E-state index in [4.69, 9.17) is 14.7 Å². The molecule has 0 unspecified atom stereocenters. The Bertz CT molecular complexity index is 1130. The third kappa shape index (κ3) is 4.69. The van der Waals surface area contributed by atoms with Gasteiger partial charge in [0.1, 0.15) is 5.75 Å². The maximum absolute atomic E-state index is 5.52. The lowest BCUT2D eigenvalue weighted by Gasteiger charge is -2.38. The predicted octanol–water partition coefficient (Wildman–Crippen LogP) is 4.38. The first kappa shape index (κ1) is 22.9. The van der Waals surface area contributed by atoms with Crippen LogP contribution in [0, 0.1) is 5.41 Å². The fourth-order valence-corrected chi connectivity index (χ4v) is 5.36. The first-order chi connectivity index (χ1) is 16.6. The van der Waals surface area contributed by atoms with Crippen molar-refractivity contribution in [3.63, 3.8) is 0 Å². The highest BCUT2D eigenvalue weighted by atomic mass is 16.5. The molecular formula is C26H37N7O. The number of fused-ring (bicyclic) bond motifs is 5. The van der Waals surface area contributed by atoms with Crippen LogP contribution in [0.3, 0.4) is 0 Å². The van der Waals surface area contributed by atoms with E-state index in [1.54, 1.807) is 7.11 Å². The van der Waals surface area contributed by atoms with Gasteiger partial charge in [-0.25, -0.2) is 0 Å². The molecule has 3 N–H and O–H groups in total. The third-order valence-electron chi connectivity index (χ3n) is 7.56. The molecule has 0 atom stereocenters. The van der Waals surface area contributed by atoms with E-state index < -0.39 is 0 Å². The molecule has 1 aromatic carbocycles. The van der Waals surface area contributed by atoms with Gasteiger partial charge < -0.3 is 20.7 Å². The molecule has 2 bridgehead atoms. The van der Waals surface area contributed by atoms with Gasteiger partial charge in [-0.15, -0.1) is 0 Å². The molecule has 1 fully saturated rings. The molecule has 1 saturated heterocycles. The summed E-state index contributed by atoms with van der Waals surface area (Å²) in [6.07, 6.45) is 9.01. The van der Waals surface area contributed by atoms with Crippen LogP contribution in [-0.4, -0.2) is 46.3 Å². The van der Waals surface area contributed by atoms with Gasteiger partial charge in [0.15, 0.2) is 5.65 Å². The summed E-state index contributed by atoms with van der Waals surface area (Å²) >= 11 is 0. The molecule has 5 rings (SSSR count). The summed E-state index contributed by atoms with van der Waals surface area (Å²) in [5, 5.41) is 15.4. The Morgan fingerprint density at radius 1 is 1.03 bits per heavy atom. The zero-order valence-electron chi connectivity index (χ0n) is 20.7. The van der Waals surface area contributed by atoms with Crippen molar-refractivity contribution in [2.24, 2.45) is 5.41 Å². The highest BCUT2D eigenvalue weighted by Gasteiger charge is 2.32. The van der Waals surface area contributed by atoms with Crippen molar-refractivity contribution in [3.8, 4) is 5.75 Å². The van der Waals surface area contributed by atoms with E-state index in [1.807, 2.05) is 10.7 Å². The second-order valence-electron chi connectivity index (χ2n) is 10.2. The number of hydrogen-bond acceptors (Lipinski definition) is 7. The predicted molar refractivity (Wildman–Crippen MR) is 136 cm³/mol. The van der Waals surface area contributed by atoms with Crippen molar-refractivity contribution in [1.29, 1.82) is 0 Å². The zero-order chi connectivity index (χ0) is 23.5. The Kier molecular flexibility index (Phi) is 6.59. The highest BCUT2D eigenvalue weighted by Crippen LogP contribution is 2.35. The Balaban J connectivity index is 1.55. The van der Waals surface area contributed by atoms with Gasteiger partial charge >= 0.3 is 0 Å². The van der Waals surface area contributed by atoms with Gasteiger partial charge in [0.05, 0.1) is 13.3 Å². The van der Waals surface area contributed by atoms with Crippen molar-refractivity contribution < 1.29 is 4.74 Å². The van der Waals surface area contributed by atoms with Crippen LogP contribution in [0.2, 0.25) is 0 Å². The number of hydrogen-bond donors (Lipinski definition) is 3. The van der Waals surface area contributed by atoms with Gasteiger partial charge in [-0.3, -0.25) is 0 Å². The number of nitrogens with zero attached hydrogens (tertiary/aromatic N) is 4. The first-order valence-electron chi connectivity index (χ1n) is 12.7. The fourth-order valence-electron chi connectivity index (χ4n) is 5.36. The van der Waals surface area contributed by atoms with Gasteiger partial charge in [-0.2, -0.15) is 19.6 Å². The Morgan fingerprint density at radius 2 is 1.88 bits per heavy atom. The van der Waals surface area contributed by atoms with Crippen molar-refractivity contribution in [2.75, 3.05) is 37.4 Å². The maximum Gasteiger partial charge on any atom is 0.229 e. The van der Waals surface area contributed by atoms with E-state index in [0.29, 0.717) is 24.4 Å². The van der Waals surface area contributed by atoms with Crippen molar-refractivity contribution >= 4 is 17.5 Å². The quantitative estimate of drug-likeness (QED) is 0.520. The highest BCUT2D eigenvalue weighted by molar-refractivity contribution is 5.56. The molecule has 0 aliphatic carbocycles. The molecular weight excluding hydrogens is 426 g/mol. The standard InChI is InChI=1S/C26H37N7O/c1-18(2)22-16-30-33-23(22)31-24-29-17-26(10-12-27-13-11-26)9-5-4-6-19-7-8-21(34-3)14-20(19)15-28-25(33)32-24/h7-8,14,16,18,27H,4-6,9-13,15,17H2,1-3H3,(H2,28,29,31,32). The minimum atomic E-state index is 0.280. The molecule has 0 saturated carbocycles. The fraction of sp³-hybridized carbons (Fsp3) is 0.577. The summed E-state index contributed by atoms with van der Waals surface area (Å²) in [5.74, 6) is 2.61. The summed E-state index contributed by atoms with van der Waals surface area (Å²) in [5.41, 5.74) is 4.89. The SMILES string of the molecule is COc1ccc2c(c1)CNc1nc(nc3c(C(C)C)cnn13)NCC1(CCCC2)CCNCC1. The summed E-state index contributed by atoms with van der Waals surface area (Å²) < 4.78 is 7.36. The van der Waals surface area contributed by atoms with Crippen LogP contribution in [0.4, 0.5) is 11.9 Å². The topological polar surface area (TPSA) is 88.4 Å². The second-order valence-corrected chi connectivity index (χ2v) is 10.2. The number of methoxy groups -OCH3 is 1. The van der Waals surface area contributed by atoms with Crippen molar-refractivity contribution in [1.82, 2.24) is 24.9 Å². The van der Waals surface area contributed by atoms with Gasteiger partial charge in [-0.05, 0) is 79.8 Å². The zero-order valence-corrected chi connectivity index (χ0v) is 20.7. The van der Waals surface area contributed by atoms with E-state index in [0.717, 1.165) is 43.0 Å². The largest absolute Gasteiger partial charge is 0.497 e. The van der Waals surface area contributed by atoms with Crippen LogP contribution in [0.5, 0.6) is 5.75 Å². The molecule has 2 aliphatic rings. The number of anilines is 2. The number of aromatic nitrogens is 4. The average molecular weight is 464 g/mol. The number of ether oxygens (including phenoxy) is 1. The van der Waals surface area contributed by atoms with E-state index in [-0.39, 0.29) is 5.41 Å². The lowest BCUT2D eigenvalue weighted by atomic mass is 9.74. The molecule has 8 nitrogen and oxygen atoms in total. The molecule has 182 valence electrons. The Hall–Kier alpha value is -2.87. The Morgan fingerprint density at radius 3 is 2.68 bits per heavy atom. The molecule has 4 heterocycles. The van der Waals surface area contributed by atoms with Gasteiger partial charge in [-0.1, -0.05) is 26.3 Å². The van der Waals surface area contributed by atoms with Gasteiger partial charge in [0.25, 0.3) is 0 Å². The van der Waals surface area contributed by atoms with Crippen LogP contribution in [0.25, 0.3) is 5.65 Å². The minimum Gasteiger partial charge on any atom is -0.497 e. The van der Waals surface area contributed by atoms with E-state index in [1.165, 1.54) is 43.2 Å². The van der Waals surface area contributed by atoms with Crippen LogP contribution in [0.1, 0.15) is 68.6 Å². The molecule has 2 aliphatic heterocycles. The summed E-state index contributed by atoms with van der Waals surface area (Å²) in [7, 11) is 1.72. The van der Waals surface area contributed by atoms with Crippen LogP contribution in [-0.2, 0) is 13.0 Å². The number of aryl methyl sites for hydroxylation is 1. The maximum atomic E-state index is 5.52. The minimum absolute atomic E-state index is 0.280. The molecule has 0 amide bonds. The first-order valence-corrected chi connectivity index (χ1v) is 12.7. The lowest BCUT2D eigenvalue weighted by Crippen LogP contribution is -2.41. The molecule has 1 spiro atoms. The number of nitrogens with one attached hydrogen (secondary N) is 3. The normalized spacial score (nSPS) is 18.7. The lowest BCUT2D eigenvalue weighted by molar-refractivity contribution is 0.195. The smallest absolute Gasteiger partial charge is 0.229 e. The van der Waals surface area contributed by atoms with E-state index in [9.17, 15) is 0 Å². The van der Waals surface area contributed by atoms with Gasteiger partial charge in [0, 0.05) is 18.7 Å². The third-order valence-corrected chi connectivity index (χ3v) is 7.56. The average Bonchev–Trinajstić information content (AvgIpc) is 3.29. The summed E-state index contributed by atoms with van der Waals surface area (Å²) in [6, 6.07) is 6.43. The van der Waals surface area contributed by atoms with Crippen LogP contribution in [0.15, 0.2) is 24.4 Å². The second kappa shape index (κ2) is 9.78. The molecule has 8 heteroatoms. The van der Waals surface area contributed by atoms with Crippen molar-refractivity contribution in [3.05, 3.63) is 41.1 Å². The van der Waals surface area contributed by atoms with E-state index in [2.05, 4.69) is 53.1 Å². The van der Waals surface area contributed by atoms with Gasteiger partial charge in [0.2, 0.25) is 11.9 Å². The van der Waals surface area contributed by atoms with Crippen LogP contribution < -0.4 is 20.7 Å². The van der Waals surface area contributed by atoms with E-state index >= 15 is 0 Å². The molecule has 2 aromatic heterocycles. The number of benzene rings is 1. The summed E-state index contributed by atoms with van der Waals surface area (Å²) in [6.45, 7) is 8.08.